The van der Waals surface area contributed by atoms with Gasteiger partial charge in [-0.25, -0.2) is 8.42 Å². The molecule has 385 valence electrons. The van der Waals surface area contributed by atoms with Crippen molar-refractivity contribution in [3.63, 3.8) is 0 Å². The Labute approximate surface area is 437 Å². The molecule has 0 saturated heterocycles. The summed E-state index contributed by atoms with van der Waals surface area (Å²) in [6.07, 6.45) is 1.50. The Morgan fingerprint density at radius 2 is 0.700 bits per heavy atom. The van der Waals surface area contributed by atoms with E-state index in [0.29, 0.717) is 0 Å². The Kier molecular flexibility index (Phi) is 20.7. The summed E-state index contributed by atoms with van der Waals surface area (Å²) >= 11 is 0. The van der Waals surface area contributed by atoms with Crippen LogP contribution in [0.25, 0.3) is 22.3 Å². The number of alkyl halides is 3. The van der Waals surface area contributed by atoms with Crippen LogP contribution >= 0.6 is 16.4 Å². The van der Waals surface area contributed by atoms with Gasteiger partial charge in [-0.1, -0.05) is 190 Å². The molecule has 0 aromatic heterocycles. The van der Waals surface area contributed by atoms with E-state index in [4.69, 9.17) is 22.4 Å². The standard InChI is InChI=1S/C54H72O2P2.C3H5.CHF3O3S.Pd/c1-49(2,3)35-29-39(51(7,8)9)45(40(30-35)52(10,11)12)57-47-43(33-21-25-37(55-19)26-22-33)44(34-23-27-38(56-20)28-24-34)48(47)58-46-41(53(13,14)15)31-36(50(4,5)6)32-42(46)54(16,17)18;1-3-2;2-1(3,4)8(5,6)7;/h21-32H,1-20H3;3H,1-2H2;(H,5,6,7);/q;;;+2/p-1. The monoisotopic (exact) mass is 1110 g/mol. The van der Waals surface area contributed by atoms with Crippen LogP contribution in [0.2, 0.25) is 0 Å². The minimum Gasteiger partial charge on any atom is -0.741 e. The summed E-state index contributed by atoms with van der Waals surface area (Å²) in [5.74, 6) is 1.73. The number of benzene rings is 4. The summed E-state index contributed by atoms with van der Waals surface area (Å²) in [6, 6.07) is 27.5. The van der Waals surface area contributed by atoms with Crippen LogP contribution in [0.3, 0.4) is 0 Å². The molecule has 0 heterocycles. The SMILES string of the molecule is COc1ccc(-c2c(-c3ccc(OC)cc3)c(=Pc3c(C(C)(C)C)cc(C(C)(C)C)cc3C(C)(C)C)c2=Pc2c(C(C)(C)C)cc(C(C)(C)C)cc2C(C)(C)C)cc1.O=S(=O)([O-])C(F)(F)F.[CH2][CH][CH2].[Pd+2]. The molecule has 5 nitrogen and oxygen atoms in total. The third-order valence-electron chi connectivity index (χ3n) is 11.6. The Hall–Kier alpha value is -3.08. The zero-order valence-corrected chi connectivity index (χ0v) is 49.4. The summed E-state index contributed by atoms with van der Waals surface area (Å²) in [6.45, 7) is 49.2. The van der Waals surface area contributed by atoms with Gasteiger partial charge in [-0.15, -0.1) is 0 Å². The molecule has 0 fully saturated rings. The molecular weight excluding hydrogens is 1030 g/mol. The second kappa shape index (κ2) is 23.0. The fraction of sp³-hybridized carbons (Fsp3) is 0.466. The molecule has 0 aliphatic heterocycles. The van der Waals surface area contributed by atoms with Crippen molar-refractivity contribution in [3.8, 4) is 33.8 Å². The Morgan fingerprint density at radius 1 is 0.486 bits per heavy atom. The first-order valence-corrected chi connectivity index (χ1v) is 26.4. The van der Waals surface area contributed by atoms with Gasteiger partial charge in [-0.2, -0.15) is 13.2 Å². The summed E-state index contributed by atoms with van der Waals surface area (Å²) in [7, 11) is -0.136. The number of methoxy groups -OCH3 is 2. The predicted molar refractivity (Wildman–Crippen MR) is 288 cm³/mol. The van der Waals surface area contributed by atoms with Crippen molar-refractivity contribution >= 4 is 37.1 Å². The Bertz CT molecular complexity index is 2540. The van der Waals surface area contributed by atoms with Gasteiger partial charge in [0.2, 0.25) is 0 Å². The van der Waals surface area contributed by atoms with Crippen molar-refractivity contribution in [3.05, 3.63) is 136 Å². The maximum atomic E-state index is 10.7. The quantitative estimate of drug-likeness (QED) is 0.0733. The zero-order chi connectivity index (χ0) is 53.3. The minimum atomic E-state index is -6.09. The van der Waals surface area contributed by atoms with E-state index in [-0.39, 0.29) is 52.9 Å². The second-order valence-electron chi connectivity index (χ2n) is 23.7. The third-order valence-corrected chi connectivity index (χ3v) is 15.1. The third kappa shape index (κ3) is 15.7. The largest absolute Gasteiger partial charge is 2.00 e. The molecule has 5 aromatic rings. The summed E-state index contributed by atoms with van der Waals surface area (Å²) in [4.78, 5) is 2.80. The topological polar surface area (TPSA) is 75.7 Å². The van der Waals surface area contributed by atoms with Crippen LogP contribution in [0.1, 0.15) is 158 Å². The fourth-order valence-electron chi connectivity index (χ4n) is 7.59. The van der Waals surface area contributed by atoms with Crippen LogP contribution in [0.4, 0.5) is 13.2 Å². The molecule has 0 unspecified atom stereocenters. The minimum absolute atomic E-state index is 0. The normalized spacial score (nSPS) is 13.5. The number of hydrogen-bond acceptors (Lipinski definition) is 5. The molecule has 0 atom stereocenters. The average Bonchev–Trinajstić information content (AvgIpc) is 3.18. The van der Waals surface area contributed by atoms with E-state index in [0.717, 1.165) is 11.5 Å². The van der Waals surface area contributed by atoms with Gasteiger partial charge in [0.05, 0.1) is 14.2 Å². The van der Waals surface area contributed by atoms with Gasteiger partial charge in [0.1, 0.15) is 11.5 Å². The van der Waals surface area contributed by atoms with Crippen molar-refractivity contribution < 1.29 is 56.0 Å². The van der Waals surface area contributed by atoms with E-state index in [1.165, 1.54) is 99.0 Å². The van der Waals surface area contributed by atoms with Crippen LogP contribution in [-0.2, 0) is 63.0 Å². The van der Waals surface area contributed by atoms with Crippen LogP contribution in [0, 0.1) is 30.1 Å². The first-order chi connectivity index (χ1) is 31.1. The maximum absolute atomic E-state index is 10.7. The van der Waals surface area contributed by atoms with Crippen LogP contribution < -0.4 is 20.1 Å². The maximum Gasteiger partial charge on any atom is 2.00 e. The molecule has 12 heteroatoms. The van der Waals surface area contributed by atoms with E-state index in [2.05, 4.69) is 211 Å². The first-order valence-electron chi connectivity index (χ1n) is 23.2. The van der Waals surface area contributed by atoms with Gasteiger partial charge >= 0.3 is 25.9 Å². The van der Waals surface area contributed by atoms with Crippen LogP contribution in [0.15, 0.2) is 72.8 Å². The van der Waals surface area contributed by atoms with E-state index in [9.17, 15) is 13.2 Å². The molecule has 3 radical (unpaired) electrons. The fourth-order valence-corrected chi connectivity index (χ4v) is 11.6. The molecule has 0 N–H and O–H groups in total. The zero-order valence-electron chi connectivity index (χ0n) is 45.2. The van der Waals surface area contributed by atoms with Gasteiger partial charge in [-0.05, 0) is 122 Å². The molecule has 0 aliphatic rings. The molecular formula is C58H77F3O5P2PdS+. The molecule has 5 rings (SSSR count). The van der Waals surface area contributed by atoms with Crippen LogP contribution in [-0.4, -0.2) is 32.7 Å². The number of hydrogen-bond donors (Lipinski definition) is 0. The average molecular weight is 1110 g/mol. The number of rotatable bonds is 6. The van der Waals surface area contributed by atoms with Crippen molar-refractivity contribution in [2.24, 2.45) is 0 Å². The number of ether oxygens (including phenoxy) is 2. The first kappa shape index (κ1) is 63.0. The van der Waals surface area contributed by atoms with Crippen molar-refractivity contribution in [1.82, 2.24) is 0 Å². The van der Waals surface area contributed by atoms with Gasteiger partial charge in [0, 0.05) is 31.6 Å². The second-order valence-corrected chi connectivity index (χ2v) is 27.3. The van der Waals surface area contributed by atoms with E-state index >= 15 is 0 Å². The molecule has 0 spiro atoms. The van der Waals surface area contributed by atoms with Crippen molar-refractivity contribution in [2.45, 2.75) is 163 Å². The van der Waals surface area contributed by atoms with Crippen molar-refractivity contribution in [1.29, 1.82) is 0 Å². The van der Waals surface area contributed by atoms with Gasteiger partial charge in [0.15, 0.2) is 10.1 Å². The molecule has 0 bridgehead atoms. The van der Waals surface area contributed by atoms with E-state index in [1.807, 2.05) is 0 Å². The van der Waals surface area contributed by atoms with Crippen molar-refractivity contribution in [2.75, 3.05) is 14.2 Å². The smallest absolute Gasteiger partial charge is 0.741 e. The molecule has 0 amide bonds. The van der Waals surface area contributed by atoms with Gasteiger partial charge in [-0.3, -0.25) is 0 Å². The van der Waals surface area contributed by atoms with Gasteiger partial charge < -0.3 is 14.0 Å². The van der Waals surface area contributed by atoms with E-state index in [1.54, 1.807) is 14.2 Å². The Morgan fingerprint density at radius 3 is 0.857 bits per heavy atom. The molecule has 5 aromatic carbocycles. The summed E-state index contributed by atoms with van der Waals surface area (Å²) in [5.41, 5.74) is 7.75. The molecule has 0 aliphatic carbocycles. The predicted octanol–water partition coefficient (Wildman–Crippen LogP) is 16.2. The summed E-state index contributed by atoms with van der Waals surface area (Å²) < 4.78 is 70.3. The van der Waals surface area contributed by atoms with Gasteiger partial charge in [0.25, 0.3) is 0 Å². The molecule has 70 heavy (non-hydrogen) atoms. The Balaban J connectivity index is 0.00000126. The van der Waals surface area contributed by atoms with E-state index < -0.39 is 15.6 Å². The summed E-state index contributed by atoms with van der Waals surface area (Å²) in [5, 5.41) is 2.87. The molecule has 0 saturated carbocycles. The van der Waals surface area contributed by atoms with Crippen LogP contribution in [0.5, 0.6) is 11.5 Å². The number of halogens is 3.